The molecule has 0 saturated carbocycles. The SMILES string of the molecule is CCCCN(CCCC)C(On1nnc2ccccc21)=[N+](CCCC)CCCC. The van der Waals surface area contributed by atoms with Crippen molar-refractivity contribution in [2.45, 2.75) is 79.1 Å². The molecule has 2 aromatic rings. The van der Waals surface area contributed by atoms with E-state index in [2.05, 4.69) is 47.5 Å². The second-order valence-corrected chi connectivity index (χ2v) is 7.71. The lowest BCUT2D eigenvalue weighted by atomic mass is 10.2. The summed E-state index contributed by atoms with van der Waals surface area (Å²) in [6.07, 6.45) is 9.32. The molecule has 0 aliphatic heterocycles. The predicted octanol–water partition coefficient (Wildman–Crippen LogP) is 4.73. The first kappa shape index (κ1) is 23.2. The van der Waals surface area contributed by atoms with Gasteiger partial charge in [0.05, 0.1) is 26.2 Å². The van der Waals surface area contributed by atoms with Gasteiger partial charge in [0.15, 0.2) is 0 Å². The topological polar surface area (TPSA) is 46.2 Å². The molecule has 0 saturated heterocycles. The van der Waals surface area contributed by atoms with Crippen molar-refractivity contribution >= 4 is 17.1 Å². The Hall–Kier alpha value is -2.11. The highest BCUT2D eigenvalue weighted by Crippen LogP contribution is 2.10. The number of rotatable bonds is 13. The predicted molar refractivity (Wildman–Crippen MR) is 120 cm³/mol. The molecule has 0 bridgehead atoms. The maximum Gasteiger partial charge on any atom is 0.472 e. The molecule has 0 unspecified atom stereocenters. The van der Waals surface area contributed by atoms with E-state index in [0.717, 1.165) is 68.9 Å². The molecular formula is C23H40N5O+. The molecule has 0 aliphatic carbocycles. The minimum absolute atomic E-state index is 0.856. The lowest BCUT2D eigenvalue weighted by Crippen LogP contribution is -2.46. The normalized spacial score (nSPS) is 11.0. The molecule has 0 atom stereocenters. The minimum atomic E-state index is 0.856. The van der Waals surface area contributed by atoms with E-state index in [0.29, 0.717) is 0 Å². The summed E-state index contributed by atoms with van der Waals surface area (Å²) >= 11 is 0. The van der Waals surface area contributed by atoms with Gasteiger partial charge in [0.25, 0.3) is 0 Å². The van der Waals surface area contributed by atoms with Crippen LogP contribution in [-0.4, -0.2) is 56.8 Å². The van der Waals surface area contributed by atoms with Crippen molar-refractivity contribution in [3.8, 4) is 0 Å². The lowest BCUT2D eigenvalue weighted by molar-refractivity contribution is -0.543. The van der Waals surface area contributed by atoms with E-state index < -0.39 is 0 Å². The standard InChI is InChI=1S/C23H40N5O/c1-5-9-17-26(18-10-6-2)23(27(19-11-7-3)20-12-8-4)29-28-22-16-14-13-15-21(22)24-25-28/h13-16H,5-12,17-20H2,1-4H3/q+1. The fraction of sp³-hybridized carbons (Fsp3) is 0.696. The summed E-state index contributed by atoms with van der Waals surface area (Å²) in [5.74, 6) is 0. The summed E-state index contributed by atoms with van der Waals surface area (Å²) in [5.41, 5.74) is 1.76. The fourth-order valence-electron chi connectivity index (χ4n) is 3.31. The van der Waals surface area contributed by atoms with Crippen LogP contribution in [0.5, 0.6) is 0 Å². The van der Waals surface area contributed by atoms with E-state index in [-0.39, 0.29) is 0 Å². The Bertz CT molecular complexity index is 722. The van der Waals surface area contributed by atoms with Crippen LogP contribution in [0, 0.1) is 0 Å². The lowest BCUT2D eigenvalue weighted by Gasteiger charge is -2.21. The van der Waals surface area contributed by atoms with E-state index in [9.17, 15) is 0 Å². The zero-order valence-corrected chi connectivity index (χ0v) is 18.9. The van der Waals surface area contributed by atoms with E-state index in [1.54, 1.807) is 4.85 Å². The van der Waals surface area contributed by atoms with Crippen molar-refractivity contribution in [1.29, 1.82) is 0 Å². The average molecular weight is 403 g/mol. The summed E-state index contributed by atoms with van der Waals surface area (Å²) in [7, 11) is 0. The molecular weight excluding hydrogens is 362 g/mol. The summed E-state index contributed by atoms with van der Waals surface area (Å²) in [4.78, 5) is 10.5. The molecule has 1 heterocycles. The molecule has 0 N–H and O–H groups in total. The van der Waals surface area contributed by atoms with Crippen LogP contribution in [0.4, 0.5) is 0 Å². The molecule has 29 heavy (non-hydrogen) atoms. The number of fused-ring (bicyclic) bond motifs is 1. The number of hydrogen-bond acceptors (Lipinski definition) is 3. The van der Waals surface area contributed by atoms with Gasteiger partial charge in [-0.25, -0.2) is 9.48 Å². The first-order valence-electron chi connectivity index (χ1n) is 11.6. The number of para-hydroxylation sites is 1. The van der Waals surface area contributed by atoms with Crippen LogP contribution in [0.1, 0.15) is 79.1 Å². The van der Waals surface area contributed by atoms with E-state index >= 15 is 0 Å². The Morgan fingerprint density at radius 2 is 1.48 bits per heavy atom. The van der Waals surface area contributed by atoms with Crippen LogP contribution in [-0.2, 0) is 0 Å². The van der Waals surface area contributed by atoms with E-state index in [4.69, 9.17) is 4.84 Å². The molecule has 1 aromatic heterocycles. The average Bonchev–Trinajstić information content (AvgIpc) is 3.16. The number of hydrogen-bond donors (Lipinski definition) is 0. The van der Waals surface area contributed by atoms with E-state index in [1.807, 2.05) is 24.3 Å². The zero-order chi connectivity index (χ0) is 20.9. The molecule has 162 valence electrons. The first-order chi connectivity index (χ1) is 14.2. The monoisotopic (exact) mass is 402 g/mol. The molecule has 0 radical (unpaired) electrons. The maximum absolute atomic E-state index is 6.49. The third kappa shape index (κ3) is 7.02. The highest BCUT2D eigenvalue weighted by atomic mass is 16.7. The summed E-state index contributed by atoms with van der Waals surface area (Å²) in [5, 5.41) is 8.57. The van der Waals surface area contributed by atoms with Gasteiger partial charge < -0.3 is 0 Å². The first-order valence-corrected chi connectivity index (χ1v) is 11.6. The Morgan fingerprint density at radius 3 is 2.07 bits per heavy atom. The van der Waals surface area contributed by atoms with Gasteiger partial charge in [-0.1, -0.05) is 70.4 Å². The number of benzene rings is 1. The summed E-state index contributed by atoms with van der Waals surface area (Å²) in [6, 6.07) is 8.90. The van der Waals surface area contributed by atoms with Gasteiger partial charge in [0, 0.05) is 0 Å². The van der Waals surface area contributed by atoms with Crippen molar-refractivity contribution in [2.24, 2.45) is 0 Å². The van der Waals surface area contributed by atoms with Gasteiger partial charge in [-0.15, -0.1) is 5.10 Å². The Morgan fingerprint density at radius 1 is 0.897 bits per heavy atom. The van der Waals surface area contributed by atoms with Crippen LogP contribution in [0.25, 0.3) is 11.0 Å². The number of nitrogens with zero attached hydrogens (tertiary/aromatic N) is 5. The van der Waals surface area contributed by atoms with Crippen molar-refractivity contribution < 1.29 is 9.41 Å². The highest BCUT2D eigenvalue weighted by molar-refractivity contribution is 5.75. The van der Waals surface area contributed by atoms with Crippen molar-refractivity contribution in [2.75, 3.05) is 26.2 Å². The quantitative estimate of drug-likeness (QED) is 0.276. The van der Waals surface area contributed by atoms with Gasteiger partial charge in [0.2, 0.25) is 0 Å². The maximum atomic E-state index is 6.49. The zero-order valence-electron chi connectivity index (χ0n) is 18.9. The van der Waals surface area contributed by atoms with Gasteiger partial charge >= 0.3 is 6.02 Å². The molecule has 1 aromatic carbocycles. The molecule has 6 heteroatoms. The van der Waals surface area contributed by atoms with Gasteiger partial charge in [-0.3, -0.25) is 4.84 Å². The van der Waals surface area contributed by atoms with Crippen LogP contribution in [0.15, 0.2) is 24.3 Å². The highest BCUT2D eigenvalue weighted by Gasteiger charge is 2.27. The Kier molecular flexibility index (Phi) is 10.5. The Labute approximate surface area is 176 Å². The third-order valence-corrected chi connectivity index (χ3v) is 5.16. The van der Waals surface area contributed by atoms with Crippen molar-refractivity contribution in [1.82, 2.24) is 20.1 Å². The molecule has 6 nitrogen and oxygen atoms in total. The van der Waals surface area contributed by atoms with Crippen LogP contribution < -0.4 is 4.84 Å². The summed E-state index contributed by atoms with van der Waals surface area (Å²) in [6.45, 7) is 13.0. The third-order valence-electron chi connectivity index (χ3n) is 5.16. The van der Waals surface area contributed by atoms with Crippen LogP contribution >= 0.6 is 0 Å². The molecule has 0 amide bonds. The largest absolute Gasteiger partial charge is 0.472 e. The molecule has 2 rings (SSSR count). The van der Waals surface area contributed by atoms with E-state index in [1.165, 1.54) is 25.7 Å². The van der Waals surface area contributed by atoms with Gasteiger partial charge in [-0.2, -0.15) is 0 Å². The van der Waals surface area contributed by atoms with Gasteiger partial charge in [-0.05, 0) is 43.0 Å². The van der Waals surface area contributed by atoms with Crippen molar-refractivity contribution in [3.05, 3.63) is 24.3 Å². The smallest absolute Gasteiger partial charge is 0.278 e. The van der Waals surface area contributed by atoms with Crippen LogP contribution in [0.2, 0.25) is 0 Å². The van der Waals surface area contributed by atoms with Crippen LogP contribution in [0.3, 0.4) is 0 Å². The van der Waals surface area contributed by atoms with Gasteiger partial charge in [0.1, 0.15) is 11.0 Å². The number of aromatic nitrogens is 3. The van der Waals surface area contributed by atoms with Crippen molar-refractivity contribution in [3.63, 3.8) is 0 Å². The summed E-state index contributed by atoms with van der Waals surface area (Å²) < 4.78 is 2.43. The fourth-order valence-corrected chi connectivity index (χ4v) is 3.31. The second-order valence-electron chi connectivity index (χ2n) is 7.71. The number of unbranched alkanes of at least 4 members (excludes halogenated alkanes) is 4. The second kappa shape index (κ2) is 13.2. The number of amidine groups is 1. The molecule has 0 spiro atoms. The Balaban J connectivity index is 2.43. The molecule has 0 aliphatic rings. The minimum Gasteiger partial charge on any atom is -0.278 e. The molecule has 0 fully saturated rings.